The fourth-order valence-corrected chi connectivity index (χ4v) is 18.3. The van der Waals surface area contributed by atoms with E-state index in [9.17, 15) is 43.2 Å². The third kappa shape index (κ3) is 99.5. The third-order valence-corrected chi connectivity index (χ3v) is 26.7. The van der Waals surface area contributed by atoms with Crippen LogP contribution < -0.4 is 0 Å². The molecule has 0 aromatic carbocycles. The first kappa shape index (κ1) is 136. The Labute approximate surface area is 848 Å². The number of hydrogen-bond donors (Lipinski definition) is 0. The van der Waals surface area contributed by atoms with Crippen LogP contribution in [0.2, 0.25) is 0 Å². The van der Waals surface area contributed by atoms with Crippen molar-refractivity contribution >= 4 is 86.8 Å². The fourth-order valence-electron chi connectivity index (χ4n) is 15.4. The number of hydrogen-bond acceptors (Lipinski definition) is 21. The Morgan fingerprint density at radius 2 is 0.419 bits per heavy atom. The highest BCUT2D eigenvalue weighted by atomic mass is 32.2. The van der Waals surface area contributed by atoms with Gasteiger partial charge in [-0.25, -0.2) is 0 Å². The first-order valence-electron chi connectivity index (χ1n) is 55.7. The Morgan fingerprint density at radius 1 is 0.213 bits per heavy atom. The summed E-state index contributed by atoms with van der Waals surface area (Å²) in [7, 11) is 12.0. The summed E-state index contributed by atoms with van der Waals surface area (Å²) in [6.07, 6.45) is 77.7. The van der Waals surface area contributed by atoms with Crippen molar-refractivity contribution in [2.45, 2.75) is 492 Å². The van der Waals surface area contributed by atoms with E-state index in [0.717, 1.165) is 160 Å². The van der Waals surface area contributed by atoms with Gasteiger partial charge in [-0.2, -0.15) is 0 Å². The van der Waals surface area contributed by atoms with Crippen LogP contribution in [0.5, 0.6) is 0 Å². The number of ether oxygens (including phenoxy) is 6. The highest BCUT2D eigenvalue weighted by molar-refractivity contribution is 8.14. The molecule has 0 saturated heterocycles. The third-order valence-electron chi connectivity index (χ3n) is 24.1. The quantitative estimate of drug-likeness (QED) is 0.0238. The molecule has 0 bridgehead atoms. The average molecular weight is 1980 g/mol. The van der Waals surface area contributed by atoms with E-state index >= 15 is 0 Å². The van der Waals surface area contributed by atoms with Crippen molar-refractivity contribution in [3.8, 4) is 0 Å². The minimum absolute atomic E-state index is 0.000633. The Kier molecular flexibility index (Phi) is 106. The number of amides is 3. The van der Waals surface area contributed by atoms with Gasteiger partial charge in [-0.3, -0.25) is 43.2 Å². The molecule has 21 nitrogen and oxygen atoms in total. The van der Waals surface area contributed by atoms with Crippen LogP contribution in [0.1, 0.15) is 473 Å². The summed E-state index contributed by atoms with van der Waals surface area (Å²) in [5.74, 6) is 1.10. The predicted molar refractivity (Wildman–Crippen MR) is 580 cm³/mol. The lowest BCUT2D eigenvalue weighted by atomic mass is 10.0. The van der Waals surface area contributed by atoms with Gasteiger partial charge >= 0.3 is 35.8 Å². The monoisotopic (exact) mass is 1980 g/mol. The van der Waals surface area contributed by atoms with Crippen molar-refractivity contribution in [2.75, 3.05) is 138 Å². The van der Waals surface area contributed by atoms with Crippen LogP contribution in [0.25, 0.3) is 0 Å². The Balaban J connectivity index is -0.00000195. The molecule has 0 rings (SSSR count). The van der Waals surface area contributed by atoms with E-state index in [-0.39, 0.29) is 82.7 Å². The van der Waals surface area contributed by atoms with Gasteiger partial charge in [0.1, 0.15) is 38.1 Å². The Bertz CT molecular complexity index is 2800. The molecule has 0 atom stereocenters. The molecule has 798 valence electrons. The summed E-state index contributed by atoms with van der Waals surface area (Å²) in [5.41, 5.74) is 0. The fraction of sp³-hybridized carbons (Fsp3) is 0.866. The number of thioether (sulfide) groups is 3. The normalized spacial score (nSPS) is 11.5. The maximum atomic E-state index is 13.1. The van der Waals surface area contributed by atoms with Gasteiger partial charge < -0.3 is 57.8 Å². The first-order valence-corrected chi connectivity index (χ1v) is 58.7. The molecule has 0 saturated carbocycles. The average Bonchev–Trinajstić information content (AvgIpc) is 0.925. The summed E-state index contributed by atoms with van der Waals surface area (Å²) in [4.78, 5) is 126. The van der Waals surface area contributed by atoms with Crippen molar-refractivity contribution in [1.29, 1.82) is 0 Å². The van der Waals surface area contributed by atoms with E-state index in [2.05, 4.69) is 95.2 Å². The first-order chi connectivity index (χ1) is 66.0. The number of unbranched alkanes of at least 4 members (excludes halogenated alkanes) is 38. The molecule has 0 aliphatic rings. The minimum Gasteiger partial charge on any atom is -0.462 e. The van der Waals surface area contributed by atoms with Crippen LogP contribution in [0, 0.1) is 0 Å². The largest absolute Gasteiger partial charge is 0.462 e. The van der Waals surface area contributed by atoms with Crippen LogP contribution in [-0.2, 0) is 57.2 Å². The molecule has 0 aromatic heterocycles. The molecule has 136 heavy (non-hydrogen) atoms. The second-order valence-electron chi connectivity index (χ2n) is 38.3. The predicted octanol–water partition coefficient (Wildman–Crippen LogP) is 30.3. The molecule has 0 spiro atoms. The van der Waals surface area contributed by atoms with Gasteiger partial charge in [-0.1, -0.05) is 346 Å². The number of allylic oxidation sites excluding steroid dienone is 3. The van der Waals surface area contributed by atoms with E-state index < -0.39 is 0 Å². The maximum absolute atomic E-state index is 13.1. The number of nitrogens with zero attached hydrogens (tertiary/aromatic N) is 6. The van der Waals surface area contributed by atoms with Crippen LogP contribution >= 0.6 is 35.3 Å². The van der Waals surface area contributed by atoms with Crippen molar-refractivity contribution in [1.82, 2.24) is 29.4 Å². The van der Waals surface area contributed by atoms with Crippen LogP contribution in [-0.4, -0.2) is 238 Å². The Morgan fingerprint density at radius 3 is 0.676 bits per heavy atom. The summed E-state index contributed by atoms with van der Waals surface area (Å²) < 4.78 is 33.9. The smallest absolute Gasteiger partial charge is 0.307 e. The molecule has 0 unspecified atom stereocenters. The molecule has 0 aliphatic carbocycles. The topological polar surface area (TPSA) is 228 Å². The van der Waals surface area contributed by atoms with Crippen LogP contribution in [0.15, 0.2) is 36.5 Å². The lowest BCUT2D eigenvalue weighted by molar-refractivity contribution is -0.151. The van der Waals surface area contributed by atoms with Crippen LogP contribution in [0.3, 0.4) is 0 Å². The lowest BCUT2D eigenvalue weighted by Crippen LogP contribution is -2.32. The second kappa shape index (κ2) is 106. The molecule has 0 radical (unpaired) electrons. The van der Waals surface area contributed by atoms with Crippen molar-refractivity contribution < 1.29 is 71.6 Å². The van der Waals surface area contributed by atoms with Gasteiger partial charge in [0, 0.05) is 108 Å². The van der Waals surface area contributed by atoms with Gasteiger partial charge in [0.25, 0.3) is 15.7 Å². The zero-order chi connectivity index (χ0) is 101. The van der Waals surface area contributed by atoms with E-state index in [1.165, 1.54) is 254 Å². The molecule has 0 heterocycles. The van der Waals surface area contributed by atoms with Crippen molar-refractivity contribution in [3.05, 3.63) is 36.5 Å². The lowest BCUT2D eigenvalue weighted by Gasteiger charge is -2.23. The highest BCUT2D eigenvalue weighted by Crippen LogP contribution is 2.24. The van der Waals surface area contributed by atoms with Gasteiger partial charge in [0.15, 0.2) is 0 Å². The van der Waals surface area contributed by atoms with E-state index in [4.69, 9.17) is 28.4 Å². The number of esters is 6. The number of carbonyl (C=O) groups excluding carboxylic acids is 9. The van der Waals surface area contributed by atoms with Gasteiger partial charge in [-0.05, 0) is 203 Å². The molecule has 0 aromatic rings. The maximum Gasteiger partial charge on any atom is 0.307 e. The molecule has 0 fully saturated rings. The molecule has 0 aliphatic heterocycles. The minimum atomic E-state index is -0.240. The summed E-state index contributed by atoms with van der Waals surface area (Å²) in [6.45, 7) is 26.5. The zero-order valence-corrected chi connectivity index (χ0v) is 93.0. The highest BCUT2D eigenvalue weighted by Gasteiger charge is 2.24. The molecule has 24 heteroatoms. The molecule has 3 amide bonds. The van der Waals surface area contributed by atoms with Gasteiger partial charge in [0.2, 0.25) is 0 Å². The molecule has 0 N–H and O–H groups in total. The molecular weight excluding hydrogens is 1770 g/mol. The van der Waals surface area contributed by atoms with Gasteiger partial charge in [0.05, 0.1) is 6.42 Å². The molecular formula is C112H212N6O15S3. The van der Waals surface area contributed by atoms with Crippen molar-refractivity contribution in [2.24, 2.45) is 0 Å². The van der Waals surface area contributed by atoms with E-state index in [1.54, 1.807) is 9.80 Å². The number of rotatable bonds is 94. The van der Waals surface area contributed by atoms with Gasteiger partial charge in [-0.15, -0.1) is 0 Å². The van der Waals surface area contributed by atoms with Crippen LogP contribution in [0.4, 0.5) is 14.4 Å². The standard InChI is InChI=1S/C39H74N2O5S.C38H72N2O5S.C35H66N2O5S/c1-6-9-12-15-16-19-25-34-45-37(42)29-23-20-24-31-41(39(44)47-35-33-40(4)5)32-26-30-38(43)46-36(27-21-17-13-10-7-2)28-22-18-14-11-8-3;1-6-9-12-15-16-19-25-33-44-36(41)28-23-20-24-30-40(38(43)46-34-32-39(4)5)31-29-37(42)45-35(26-21-17-13-10-7-2)27-22-18-14-11-8-3;1-6-9-12-15-16-17-20-30-41-33(38)25-21-27-37(35(40)43-31-29-36(4)5)28-22-26-34(39)42-32(23-18-13-10-7-2)24-19-14-11-8-3/h19,25,36H,6-18,20-24,26-35H2,1-5H3;19,25,35H,6-18,20-24,26-34H2,1-5H3;17,20,32H,6-16,18-19,21-31H2,1-5H3/b2*25-19-;20-17-. The van der Waals surface area contributed by atoms with E-state index in [1.807, 2.05) is 65.4 Å². The second-order valence-corrected chi connectivity index (χ2v) is 41.4. The summed E-state index contributed by atoms with van der Waals surface area (Å²) >= 11 is 3.96. The summed E-state index contributed by atoms with van der Waals surface area (Å²) in [6, 6.07) is 0. The van der Waals surface area contributed by atoms with E-state index in [0.29, 0.717) is 116 Å². The number of carbonyl (C=O) groups is 9. The SMILES string of the molecule is CCCCCC/C=C\COC(=O)CCCCCN(CCC(=O)OC(CCCCCCC)CCCCCCC)C(=O)SCCN(C)C.CCCCCC/C=C\COC(=O)CCCCCN(CCCC(=O)OC(CCCCCCC)CCCCCCC)C(=O)SCCN(C)C.CCCCCC/C=C\COC(=O)CCCN(CCCC(=O)OC(CCCCCC)CCCCCC)C(=O)SCCN(C)C. The van der Waals surface area contributed by atoms with Crippen molar-refractivity contribution in [3.63, 3.8) is 0 Å². The zero-order valence-electron chi connectivity index (χ0n) is 90.6. The summed E-state index contributed by atoms with van der Waals surface area (Å²) in [5, 5.41) is 0.0800. The Hall–Kier alpha value is -4.62.